The Balaban J connectivity index is 1.90. The van der Waals surface area contributed by atoms with Gasteiger partial charge >= 0.3 is 6.03 Å². The number of rotatable bonds is 7. The number of likely N-dealkylation sites (N-methyl/N-ethyl adjacent to an activating group) is 1. The summed E-state index contributed by atoms with van der Waals surface area (Å²) in [5.41, 5.74) is 1.11. The molecule has 0 aliphatic carbocycles. The van der Waals surface area contributed by atoms with E-state index in [0.717, 1.165) is 25.2 Å². The number of hydrogen-bond donors (Lipinski definition) is 2. The van der Waals surface area contributed by atoms with E-state index in [0.29, 0.717) is 6.54 Å². The van der Waals surface area contributed by atoms with Gasteiger partial charge in [-0.15, -0.1) is 0 Å². The first-order valence-electron chi connectivity index (χ1n) is 9.37. The van der Waals surface area contributed by atoms with Crippen LogP contribution in [0.3, 0.4) is 0 Å². The van der Waals surface area contributed by atoms with Crippen molar-refractivity contribution in [3.63, 3.8) is 0 Å². The second kappa shape index (κ2) is 9.20. The minimum absolute atomic E-state index is 0.0123. The molecule has 0 bridgehead atoms. The highest BCUT2D eigenvalue weighted by atomic mass is 16.2. The molecule has 1 aliphatic rings. The van der Waals surface area contributed by atoms with Gasteiger partial charge in [0.25, 0.3) is 0 Å². The first-order valence-corrected chi connectivity index (χ1v) is 9.37. The first kappa shape index (κ1) is 19.7. The SMILES string of the molecule is CN(C)CC(NC(=O)NCC(C)(C)N1CCCCC1)c1ccccc1. The van der Waals surface area contributed by atoms with Crippen LogP contribution in [0.5, 0.6) is 0 Å². The Hall–Kier alpha value is -1.59. The van der Waals surface area contributed by atoms with Crippen LogP contribution in [0.15, 0.2) is 30.3 Å². The van der Waals surface area contributed by atoms with Crippen molar-refractivity contribution in [1.29, 1.82) is 0 Å². The van der Waals surface area contributed by atoms with Crippen LogP contribution in [0.25, 0.3) is 0 Å². The fraction of sp³-hybridized carbons (Fsp3) is 0.650. The fourth-order valence-corrected chi connectivity index (χ4v) is 3.40. The molecule has 5 heteroatoms. The zero-order chi connectivity index (χ0) is 18.3. The lowest BCUT2D eigenvalue weighted by Gasteiger charge is -2.41. The Morgan fingerprint density at radius 1 is 1.16 bits per heavy atom. The predicted octanol–water partition coefficient (Wildman–Crippen LogP) is 2.85. The molecule has 5 nitrogen and oxygen atoms in total. The van der Waals surface area contributed by atoms with Crippen molar-refractivity contribution in [3.8, 4) is 0 Å². The van der Waals surface area contributed by atoms with Gasteiger partial charge in [0, 0.05) is 18.6 Å². The number of nitrogens with zero attached hydrogens (tertiary/aromatic N) is 2. The Bertz CT molecular complexity index is 524. The number of carbonyl (C=O) groups is 1. The zero-order valence-electron chi connectivity index (χ0n) is 16.2. The summed E-state index contributed by atoms with van der Waals surface area (Å²) in [7, 11) is 4.05. The molecule has 1 aromatic carbocycles. The Kier molecular flexibility index (Phi) is 7.26. The summed E-state index contributed by atoms with van der Waals surface area (Å²) in [4.78, 5) is 17.1. The number of benzene rings is 1. The van der Waals surface area contributed by atoms with Crippen molar-refractivity contribution in [2.75, 3.05) is 40.3 Å². The molecule has 1 atom stereocenters. The largest absolute Gasteiger partial charge is 0.336 e. The van der Waals surface area contributed by atoms with Crippen LogP contribution in [0.1, 0.15) is 44.7 Å². The van der Waals surface area contributed by atoms with Crippen molar-refractivity contribution >= 4 is 6.03 Å². The summed E-state index contributed by atoms with van der Waals surface area (Å²) in [6.07, 6.45) is 3.84. The Labute approximate surface area is 152 Å². The molecule has 0 radical (unpaired) electrons. The second-order valence-electron chi connectivity index (χ2n) is 7.91. The van der Waals surface area contributed by atoms with Crippen molar-refractivity contribution < 1.29 is 4.79 Å². The van der Waals surface area contributed by atoms with Crippen LogP contribution in [0.2, 0.25) is 0 Å². The maximum Gasteiger partial charge on any atom is 0.315 e. The minimum atomic E-state index is -0.0965. The van der Waals surface area contributed by atoms with Crippen molar-refractivity contribution in [2.24, 2.45) is 0 Å². The van der Waals surface area contributed by atoms with E-state index in [1.54, 1.807) is 0 Å². The summed E-state index contributed by atoms with van der Waals surface area (Å²) < 4.78 is 0. The van der Waals surface area contributed by atoms with Gasteiger partial charge in [-0.2, -0.15) is 0 Å². The van der Waals surface area contributed by atoms with Gasteiger partial charge < -0.3 is 15.5 Å². The van der Waals surface area contributed by atoms with Gasteiger partial charge in [0.15, 0.2) is 0 Å². The van der Waals surface area contributed by atoms with Crippen molar-refractivity contribution in [2.45, 2.75) is 44.7 Å². The molecule has 0 saturated carbocycles. The van der Waals surface area contributed by atoms with Gasteiger partial charge in [-0.3, -0.25) is 4.90 Å². The predicted molar refractivity (Wildman–Crippen MR) is 104 cm³/mol. The highest BCUT2D eigenvalue weighted by Crippen LogP contribution is 2.20. The van der Waals surface area contributed by atoms with Crippen LogP contribution < -0.4 is 10.6 Å². The monoisotopic (exact) mass is 346 g/mol. The van der Waals surface area contributed by atoms with Gasteiger partial charge in [0.2, 0.25) is 0 Å². The molecule has 1 unspecified atom stereocenters. The van der Waals surface area contributed by atoms with E-state index in [9.17, 15) is 4.79 Å². The number of carbonyl (C=O) groups excluding carboxylic acids is 1. The molecule has 2 amide bonds. The maximum atomic E-state index is 12.5. The summed E-state index contributed by atoms with van der Waals surface area (Å²) in [6, 6.07) is 10.0. The zero-order valence-corrected chi connectivity index (χ0v) is 16.2. The van der Waals surface area contributed by atoms with Crippen LogP contribution >= 0.6 is 0 Å². The number of urea groups is 1. The number of hydrogen-bond acceptors (Lipinski definition) is 3. The minimum Gasteiger partial charge on any atom is -0.336 e. The molecule has 140 valence electrons. The normalized spacial score (nSPS) is 17.3. The molecule has 25 heavy (non-hydrogen) atoms. The van der Waals surface area contributed by atoms with E-state index >= 15 is 0 Å². The van der Waals surface area contributed by atoms with Crippen LogP contribution in [-0.4, -0.2) is 61.6 Å². The van der Waals surface area contributed by atoms with Crippen LogP contribution in [-0.2, 0) is 0 Å². The second-order valence-corrected chi connectivity index (χ2v) is 7.91. The molecule has 2 N–H and O–H groups in total. The summed E-state index contributed by atoms with van der Waals surface area (Å²) in [5.74, 6) is 0. The average molecular weight is 347 g/mol. The maximum absolute atomic E-state index is 12.5. The van der Waals surface area contributed by atoms with E-state index < -0.39 is 0 Å². The smallest absolute Gasteiger partial charge is 0.315 e. The van der Waals surface area contributed by atoms with Crippen molar-refractivity contribution in [3.05, 3.63) is 35.9 Å². The first-order chi connectivity index (χ1) is 11.9. The molecule has 1 aliphatic heterocycles. The summed E-state index contributed by atoms with van der Waals surface area (Å²) in [5, 5.41) is 6.21. The Morgan fingerprint density at radius 2 is 1.80 bits per heavy atom. The lowest BCUT2D eigenvalue weighted by atomic mass is 9.98. The quantitative estimate of drug-likeness (QED) is 0.798. The third-order valence-corrected chi connectivity index (χ3v) is 4.95. The summed E-state index contributed by atoms with van der Waals surface area (Å²) in [6.45, 7) is 8.11. The van der Waals surface area contributed by atoms with Crippen LogP contribution in [0.4, 0.5) is 4.79 Å². The average Bonchev–Trinajstić information content (AvgIpc) is 2.61. The number of piperidine rings is 1. The van der Waals surface area contributed by atoms with E-state index in [2.05, 4.69) is 46.4 Å². The molecule has 0 spiro atoms. The van der Waals surface area contributed by atoms with Gasteiger partial charge in [0.05, 0.1) is 6.04 Å². The standard InChI is InChI=1S/C20H34N4O/c1-20(2,24-13-9-6-10-14-24)16-21-19(25)22-18(15-23(3)4)17-11-7-5-8-12-17/h5,7-8,11-12,18H,6,9-10,13-16H2,1-4H3,(H2,21,22,25). The van der Waals surface area contributed by atoms with E-state index in [-0.39, 0.29) is 17.6 Å². The van der Waals surface area contributed by atoms with Gasteiger partial charge in [-0.25, -0.2) is 4.79 Å². The van der Waals surface area contributed by atoms with E-state index in [1.807, 2.05) is 32.3 Å². The van der Waals surface area contributed by atoms with Gasteiger partial charge in [-0.05, 0) is 59.4 Å². The van der Waals surface area contributed by atoms with Crippen LogP contribution in [0, 0.1) is 0 Å². The number of nitrogens with one attached hydrogen (secondary N) is 2. The van der Waals surface area contributed by atoms with E-state index in [1.165, 1.54) is 19.3 Å². The van der Waals surface area contributed by atoms with E-state index in [4.69, 9.17) is 0 Å². The topological polar surface area (TPSA) is 47.6 Å². The van der Waals surface area contributed by atoms with Crippen molar-refractivity contribution in [1.82, 2.24) is 20.4 Å². The number of amides is 2. The third kappa shape index (κ3) is 6.33. The molecule has 1 saturated heterocycles. The molecular formula is C20H34N4O. The highest BCUT2D eigenvalue weighted by Gasteiger charge is 2.28. The molecule has 1 heterocycles. The highest BCUT2D eigenvalue weighted by molar-refractivity contribution is 5.74. The molecule has 0 aromatic heterocycles. The number of likely N-dealkylation sites (tertiary alicyclic amines) is 1. The summed E-state index contributed by atoms with van der Waals surface area (Å²) >= 11 is 0. The fourth-order valence-electron chi connectivity index (χ4n) is 3.40. The lowest BCUT2D eigenvalue weighted by molar-refractivity contribution is 0.0958. The van der Waals surface area contributed by atoms with Gasteiger partial charge in [0.1, 0.15) is 0 Å². The van der Waals surface area contributed by atoms with Gasteiger partial charge in [-0.1, -0.05) is 36.8 Å². The third-order valence-electron chi connectivity index (χ3n) is 4.95. The lowest BCUT2D eigenvalue weighted by Crippen LogP contribution is -2.55. The molecule has 2 rings (SSSR count). The molecule has 1 aromatic rings. The molecule has 1 fully saturated rings. The Morgan fingerprint density at radius 3 is 2.40 bits per heavy atom. The molecular weight excluding hydrogens is 312 g/mol.